The highest BCUT2D eigenvalue weighted by atomic mass is 16.5. The Morgan fingerprint density at radius 3 is 2.41 bits per heavy atom. The molecule has 1 aromatic rings. The first-order valence-corrected chi connectivity index (χ1v) is 6.19. The number of hydrogen-bond acceptors (Lipinski definition) is 3. The first-order valence-electron chi connectivity index (χ1n) is 6.19. The van der Waals surface area contributed by atoms with E-state index in [2.05, 4.69) is 18.3 Å². The number of piperidine rings is 1. The van der Waals surface area contributed by atoms with E-state index in [9.17, 15) is 0 Å². The highest BCUT2D eigenvalue weighted by Crippen LogP contribution is 2.37. The zero-order valence-corrected chi connectivity index (χ0v) is 10.9. The van der Waals surface area contributed by atoms with Gasteiger partial charge in [-0.1, -0.05) is 0 Å². The zero-order valence-electron chi connectivity index (χ0n) is 10.9. The van der Waals surface area contributed by atoms with Gasteiger partial charge in [0.25, 0.3) is 0 Å². The van der Waals surface area contributed by atoms with Gasteiger partial charge in [-0.3, -0.25) is 0 Å². The summed E-state index contributed by atoms with van der Waals surface area (Å²) in [5, 5.41) is 3.40. The van der Waals surface area contributed by atoms with E-state index in [1.807, 2.05) is 6.07 Å². The van der Waals surface area contributed by atoms with Crippen LogP contribution >= 0.6 is 0 Å². The molecule has 1 saturated heterocycles. The Balaban J connectivity index is 2.36. The largest absolute Gasteiger partial charge is 0.497 e. The van der Waals surface area contributed by atoms with E-state index in [4.69, 9.17) is 9.47 Å². The summed E-state index contributed by atoms with van der Waals surface area (Å²) in [4.78, 5) is 0. The number of nitrogens with one attached hydrogen (secondary N) is 1. The number of benzene rings is 1. The van der Waals surface area contributed by atoms with Gasteiger partial charge in [-0.2, -0.15) is 0 Å². The van der Waals surface area contributed by atoms with Gasteiger partial charge in [0.2, 0.25) is 0 Å². The second-order valence-electron chi connectivity index (χ2n) is 4.58. The molecule has 3 nitrogen and oxygen atoms in total. The minimum Gasteiger partial charge on any atom is -0.497 e. The zero-order chi connectivity index (χ0) is 12.3. The Labute approximate surface area is 103 Å². The molecule has 17 heavy (non-hydrogen) atoms. The van der Waals surface area contributed by atoms with Crippen molar-refractivity contribution in [1.29, 1.82) is 0 Å². The standard InChI is InChI=1S/C14H21NO2/c1-10-8-12(16-2)9-13(17-3)14(10)11-4-6-15-7-5-11/h8-9,11,15H,4-7H2,1-3H3. The third-order valence-corrected chi connectivity index (χ3v) is 3.53. The fourth-order valence-corrected chi connectivity index (χ4v) is 2.65. The molecule has 1 aliphatic heterocycles. The van der Waals surface area contributed by atoms with Gasteiger partial charge < -0.3 is 14.8 Å². The van der Waals surface area contributed by atoms with Crippen molar-refractivity contribution in [3.05, 3.63) is 23.3 Å². The predicted octanol–water partition coefficient (Wildman–Crippen LogP) is 2.48. The summed E-state index contributed by atoms with van der Waals surface area (Å²) in [6, 6.07) is 4.09. The first kappa shape index (κ1) is 12.2. The summed E-state index contributed by atoms with van der Waals surface area (Å²) >= 11 is 0. The van der Waals surface area contributed by atoms with E-state index in [1.165, 1.54) is 24.0 Å². The summed E-state index contributed by atoms with van der Waals surface area (Å²) in [6.07, 6.45) is 2.37. The molecule has 1 N–H and O–H groups in total. The molecule has 0 saturated carbocycles. The first-order chi connectivity index (χ1) is 8.26. The average Bonchev–Trinajstić information content (AvgIpc) is 2.38. The lowest BCUT2D eigenvalue weighted by Gasteiger charge is -2.26. The summed E-state index contributed by atoms with van der Waals surface area (Å²) in [7, 11) is 3.43. The fourth-order valence-electron chi connectivity index (χ4n) is 2.65. The number of rotatable bonds is 3. The second-order valence-corrected chi connectivity index (χ2v) is 4.58. The Hall–Kier alpha value is -1.22. The molecule has 1 heterocycles. The van der Waals surface area contributed by atoms with Gasteiger partial charge in [0, 0.05) is 11.6 Å². The molecule has 0 bridgehead atoms. The number of ether oxygens (including phenoxy) is 2. The van der Waals surface area contributed by atoms with Gasteiger partial charge >= 0.3 is 0 Å². The predicted molar refractivity (Wildman–Crippen MR) is 69.1 cm³/mol. The van der Waals surface area contributed by atoms with Crippen LogP contribution in [0.2, 0.25) is 0 Å². The molecule has 1 aliphatic rings. The van der Waals surface area contributed by atoms with Crippen LogP contribution < -0.4 is 14.8 Å². The van der Waals surface area contributed by atoms with Crippen molar-refractivity contribution in [2.45, 2.75) is 25.7 Å². The minimum atomic E-state index is 0.608. The van der Waals surface area contributed by atoms with Crippen molar-refractivity contribution in [2.75, 3.05) is 27.3 Å². The van der Waals surface area contributed by atoms with Crippen LogP contribution in [0, 0.1) is 6.92 Å². The third-order valence-electron chi connectivity index (χ3n) is 3.53. The van der Waals surface area contributed by atoms with Crippen molar-refractivity contribution < 1.29 is 9.47 Å². The lowest BCUT2D eigenvalue weighted by atomic mass is 9.86. The number of aryl methyl sites for hydroxylation is 1. The molecular formula is C14H21NO2. The maximum atomic E-state index is 5.52. The lowest BCUT2D eigenvalue weighted by Crippen LogP contribution is -2.27. The topological polar surface area (TPSA) is 30.5 Å². The smallest absolute Gasteiger partial charge is 0.126 e. The summed E-state index contributed by atoms with van der Waals surface area (Å²) in [5.74, 6) is 2.45. The van der Waals surface area contributed by atoms with Crippen LogP contribution in [0.25, 0.3) is 0 Å². The van der Waals surface area contributed by atoms with Gasteiger partial charge in [-0.05, 0) is 50.4 Å². The summed E-state index contributed by atoms with van der Waals surface area (Å²) in [5.41, 5.74) is 2.63. The van der Waals surface area contributed by atoms with Crippen molar-refractivity contribution in [1.82, 2.24) is 5.32 Å². The van der Waals surface area contributed by atoms with Gasteiger partial charge in [0.15, 0.2) is 0 Å². The molecular weight excluding hydrogens is 214 g/mol. The molecule has 0 atom stereocenters. The molecule has 0 unspecified atom stereocenters. The van der Waals surface area contributed by atoms with E-state index >= 15 is 0 Å². The van der Waals surface area contributed by atoms with E-state index in [-0.39, 0.29) is 0 Å². The number of hydrogen-bond donors (Lipinski definition) is 1. The second kappa shape index (κ2) is 5.41. The van der Waals surface area contributed by atoms with E-state index < -0.39 is 0 Å². The maximum Gasteiger partial charge on any atom is 0.126 e. The SMILES string of the molecule is COc1cc(C)c(C2CCNCC2)c(OC)c1. The lowest BCUT2D eigenvalue weighted by molar-refractivity contribution is 0.378. The van der Waals surface area contributed by atoms with E-state index in [0.717, 1.165) is 24.6 Å². The molecule has 1 fully saturated rings. The molecule has 0 spiro atoms. The molecule has 3 heteroatoms. The van der Waals surface area contributed by atoms with Gasteiger partial charge in [-0.15, -0.1) is 0 Å². The van der Waals surface area contributed by atoms with Gasteiger partial charge in [0.05, 0.1) is 14.2 Å². The van der Waals surface area contributed by atoms with Crippen LogP contribution in [0.4, 0.5) is 0 Å². The van der Waals surface area contributed by atoms with E-state index in [1.54, 1.807) is 14.2 Å². The fraction of sp³-hybridized carbons (Fsp3) is 0.571. The maximum absolute atomic E-state index is 5.52. The summed E-state index contributed by atoms with van der Waals surface area (Å²) < 4.78 is 10.8. The Morgan fingerprint density at radius 1 is 1.12 bits per heavy atom. The quantitative estimate of drug-likeness (QED) is 0.873. The highest BCUT2D eigenvalue weighted by molar-refractivity contribution is 5.48. The van der Waals surface area contributed by atoms with Crippen LogP contribution in [0.3, 0.4) is 0 Å². The van der Waals surface area contributed by atoms with Crippen molar-refractivity contribution in [2.24, 2.45) is 0 Å². The highest BCUT2D eigenvalue weighted by Gasteiger charge is 2.21. The van der Waals surface area contributed by atoms with Gasteiger partial charge in [0.1, 0.15) is 11.5 Å². The number of methoxy groups -OCH3 is 2. The molecule has 0 aromatic heterocycles. The van der Waals surface area contributed by atoms with Crippen LogP contribution in [-0.4, -0.2) is 27.3 Å². The van der Waals surface area contributed by atoms with Crippen LogP contribution in [0.1, 0.15) is 29.9 Å². The average molecular weight is 235 g/mol. The van der Waals surface area contributed by atoms with Crippen molar-refractivity contribution >= 4 is 0 Å². The molecule has 0 aliphatic carbocycles. The van der Waals surface area contributed by atoms with Gasteiger partial charge in [-0.25, -0.2) is 0 Å². The Morgan fingerprint density at radius 2 is 1.82 bits per heavy atom. The van der Waals surface area contributed by atoms with Crippen LogP contribution in [0.5, 0.6) is 11.5 Å². The van der Waals surface area contributed by atoms with Crippen molar-refractivity contribution in [3.8, 4) is 11.5 Å². The molecule has 0 amide bonds. The molecule has 1 aromatic carbocycles. The Bertz CT molecular complexity index is 384. The van der Waals surface area contributed by atoms with Crippen LogP contribution in [0.15, 0.2) is 12.1 Å². The monoisotopic (exact) mass is 235 g/mol. The molecule has 94 valence electrons. The molecule has 0 radical (unpaired) electrons. The Kier molecular flexibility index (Phi) is 3.89. The molecule has 2 rings (SSSR count). The third kappa shape index (κ3) is 2.55. The minimum absolute atomic E-state index is 0.608. The van der Waals surface area contributed by atoms with Crippen molar-refractivity contribution in [3.63, 3.8) is 0 Å². The summed E-state index contributed by atoms with van der Waals surface area (Å²) in [6.45, 7) is 4.33. The van der Waals surface area contributed by atoms with Crippen LogP contribution in [-0.2, 0) is 0 Å². The van der Waals surface area contributed by atoms with E-state index in [0.29, 0.717) is 5.92 Å². The normalized spacial score (nSPS) is 16.9.